The number of carbonyl (C=O) groups is 1. The Morgan fingerprint density at radius 1 is 1.77 bits per heavy atom. The van der Waals surface area contributed by atoms with Gasteiger partial charge in [-0.05, 0) is 34.3 Å². The third kappa shape index (κ3) is 1.77. The molecule has 0 saturated heterocycles. The summed E-state index contributed by atoms with van der Waals surface area (Å²) in [7, 11) is 0. The maximum Gasteiger partial charge on any atom is 0.288 e. The smallest absolute Gasteiger partial charge is 0.288 e. The summed E-state index contributed by atoms with van der Waals surface area (Å²) in [5.41, 5.74) is 0. The van der Waals surface area contributed by atoms with E-state index in [1.807, 2.05) is 0 Å². The van der Waals surface area contributed by atoms with Gasteiger partial charge in [-0.15, -0.1) is 0 Å². The van der Waals surface area contributed by atoms with Gasteiger partial charge in [-0.2, -0.15) is 0 Å². The molecule has 13 heavy (non-hydrogen) atoms. The largest absolute Gasteiger partial charge is 0.458 e. The zero-order valence-electron chi connectivity index (χ0n) is 7.21. The molecule has 1 fully saturated rings. The van der Waals surface area contributed by atoms with E-state index in [9.17, 15) is 4.79 Å². The molecule has 4 heteroatoms. The van der Waals surface area contributed by atoms with Crippen LogP contribution in [-0.2, 0) is 0 Å². The SMILES string of the molecule is CC1CC1NC(=O)c1occc1Br. The van der Waals surface area contributed by atoms with E-state index in [2.05, 4.69) is 28.2 Å². The highest BCUT2D eigenvalue weighted by Crippen LogP contribution is 2.29. The van der Waals surface area contributed by atoms with Gasteiger partial charge in [-0.25, -0.2) is 0 Å². The number of hydrogen-bond acceptors (Lipinski definition) is 2. The van der Waals surface area contributed by atoms with Crippen molar-refractivity contribution in [3.05, 3.63) is 22.6 Å². The highest BCUT2D eigenvalue weighted by atomic mass is 79.9. The molecule has 1 heterocycles. The molecular formula is C9H10BrNO2. The molecule has 1 amide bonds. The highest BCUT2D eigenvalue weighted by Gasteiger charge is 2.34. The first-order valence-corrected chi connectivity index (χ1v) is 5.01. The molecule has 0 aliphatic heterocycles. The normalized spacial score (nSPS) is 25.7. The summed E-state index contributed by atoms with van der Waals surface area (Å²) in [6.07, 6.45) is 2.57. The van der Waals surface area contributed by atoms with Gasteiger partial charge in [0.2, 0.25) is 5.76 Å². The predicted molar refractivity (Wildman–Crippen MR) is 51.4 cm³/mol. The molecule has 2 rings (SSSR count). The molecule has 1 aliphatic carbocycles. The zero-order chi connectivity index (χ0) is 9.42. The lowest BCUT2D eigenvalue weighted by Crippen LogP contribution is -2.26. The van der Waals surface area contributed by atoms with E-state index in [0.29, 0.717) is 22.2 Å². The van der Waals surface area contributed by atoms with Gasteiger partial charge in [-0.1, -0.05) is 6.92 Å². The molecule has 1 aliphatic rings. The lowest BCUT2D eigenvalue weighted by atomic mass is 10.4. The molecule has 0 bridgehead atoms. The number of furan rings is 1. The quantitative estimate of drug-likeness (QED) is 0.866. The van der Waals surface area contributed by atoms with Crippen LogP contribution < -0.4 is 5.32 Å². The van der Waals surface area contributed by atoms with Crippen LogP contribution in [0.2, 0.25) is 0 Å². The van der Waals surface area contributed by atoms with Crippen LogP contribution in [0.5, 0.6) is 0 Å². The van der Waals surface area contributed by atoms with Gasteiger partial charge in [0.15, 0.2) is 0 Å². The van der Waals surface area contributed by atoms with Gasteiger partial charge < -0.3 is 9.73 Å². The van der Waals surface area contributed by atoms with Crippen LogP contribution in [0.1, 0.15) is 23.9 Å². The van der Waals surface area contributed by atoms with Crippen molar-refractivity contribution in [2.45, 2.75) is 19.4 Å². The van der Waals surface area contributed by atoms with Crippen molar-refractivity contribution in [3.63, 3.8) is 0 Å². The summed E-state index contributed by atoms with van der Waals surface area (Å²) < 4.78 is 5.74. The van der Waals surface area contributed by atoms with Crippen LogP contribution in [0.15, 0.2) is 21.2 Å². The van der Waals surface area contributed by atoms with Gasteiger partial charge in [0, 0.05) is 6.04 Å². The Labute approximate surface area is 84.6 Å². The van der Waals surface area contributed by atoms with Crippen molar-refractivity contribution in [2.75, 3.05) is 0 Å². The summed E-state index contributed by atoms with van der Waals surface area (Å²) in [6.45, 7) is 2.11. The molecule has 70 valence electrons. The second-order valence-electron chi connectivity index (χ2n) is 3.39. The minimum absolute atomic E-state index is 0.133. The predicted octanol–water partition coefficient (Wildman–Crippen LogP) is 2.18. The van der Waals surface area contributed by atoms with Crippen molar-refractivity contribution < 1.29 is 9.21 Å². The standard InChI is InChI=1S/C9H10BrNO2/c1-5-4-7(5)11-9(12)8-6(10)2-3-13-8/h2-3,5,7H,4H2,1H3,(H,11,12). The van der Waals surface area contributed by atoms with Crippen molar-refractivity contribution >= 4 is 21.8 Å². The molecule has 2 atom stereocenters. The topological polar surface area (TPSA) is 42.2 Å². The molecule has 3 nitrogen and oxygen atoms in total. The molecule has 2 unspecified atom stereocenters. The van der Waals surface area contributed by atoms with Gasteiger partial charge in [0.25, 0.3) is 5.91 Å². The number of nitrogens with one attached hydrogen (secondary N) is 1. The van der Waals surface area contributed by atoms with E-state index in [-0.39, 0.29) is 5.91 Å². The van der Waals surface area contributed by atoms with E-state index in [1.165, 1.54) is 6.26 Å². The summed E-state index contributed by atoms with van der Waals surface area (Å²) >= 11 is 3.24. The van der Waals surface area contributed by atoms with Gasteiger partial charge in [0.05, 0.1) is 10.7 Å². The Kier molecular flexibility index (Phi) is 2.15. The minimum Gasteiger partial charge on any atom is -0.458 e. The van der Waals surface area contributed by atoms with Crippen LogP contribution in [0.3, 0.4) is 0 Å². The molecule has 1 N–H and O–H groups in total. The van der Waals surface area contributed by atoms with E-state index >= 15 is 0 Å². The zero-order valence-corrected chi connectivity index (χ0v) is 8.80. The van der Waals surface area contributed by atoms with Gasteiger partial charge in [-0.3, -0.25) is 4.79 Å². The van der Waals surface area contributed by atoms with Gasteiger partial charge in [0.1, 0.15) is 0 Å². The average Bonchev–Trinajstić information content (AvgIpc) is 2.62. The Morgan fingerprint density at radius 2 is 2.46 bits per heavy atom. The van der Waals surface area contributed by atoms with E-state index in [4.69, 9.17) is 4.42 Å². The maximum absolute atomic E-state index is 11.5. The number of hydrogen-bond donors (Lipinski definition) is 1. The van der Waals surface area contributed by atoms with Crippen molar-refractivity contribution in [3.8, 4) is 0 Å². The second kappa shape index (κ2) is 3.18. The Balaban J connectivity index is 2.01. The lowest BCUT2D eigenvalue weighted by molar-refractivity contribution is 0.0920. The third-order valence-electron chi connectivity index (χ3n) is 2.25. The monoisotopic (exact) mass is 243 g/mol. The lowest BCUT2D eigenvalue weighted by Gasteiger charge is -2.00. The van der Waals surface area contributed by atoms with E-state index in [1.54, 1.807) is 6.07 Å². The first kappa shape index (κ1) is 8.81. The van der Waals surface area contributed by atoms with Crippen LogP contribution in [-0.4, -0.2) is 11.9 Å². The summed E-state index contributed by atoms with van der Waals surface area (Å²) in [6, 6.07) is 2.05. The summed E-state index contributed by atoms with van der Waals surface area (Å²) in [5, 5.41) is 2.88. The first-order chi connectivity index (χ1) is 6.18. The Bertz CT molecular complexity index is 334. The highest BCUT2D eigenvalue weighted by molar-refractivity contribution is 9.10. The Hall–Kier alpha value is -0.770. The molecule has 0 radical (unpaired) electrons. The number of halogens is 1. The van der Waals surface area contributed by atoms with Crippen molar-refractivity contribution in [1.82, 2.24) is 5.32 Å². The number of carbonyl (C=O) groups excluding carboxylic acids is 1. The molecule has 1 aromatic heterocycles. The van der Waals surface area contributed by atoms with E-state index in [0.717, 1.165) is 6.42 Å². The van der Waals surface area contributed by atoms with Crippen molar-refractivity contribution in [2.24, 2.45) is 5.92 Å². The molecule has 0 aromatic carbocycles. The fourth-order valence-electron chi connectivity index (χ4n) is 1.21. The van der Waals surface area contributed by atoms with E-state index < -0.39 is 0 Å². The Morgan fingerprint density at radius 3 is 2.92 bits per heavy atom. The molecule has 1 saturated carbocycles. The first-order valence-electron chi connectivity index (χ1n) is 4.22. The number of amides is 1. The fourth-order valence-corrected chi connectivity index (χ4v) is 1.59. The summed E-state index contributed by atoms with van der Waals surface area (Å²) in [4.78, 5) is 11.5. The van der Waals surface area contributed by atoms with Gasteiger partial charge >= 0.3 is 0 Å². The summed E-state index contributed by atoms with van der Waals surface area (Å²) in [5.74, 6) is 0.836. The number of rotatable bonds is 2. The maximum atomic E-state index is 11.5. The van der Waals surface area contributed by atoms with Crippen LogP contribution in [0.4, 0.5) is 0 Å². The van der Waals surface area contributed by atoms with Crippen LogP contribution in [0.25, 0.3) is 0 Å². The molecular weight excluding hydrogens is 234 g/mol. The van der Waals surface area contributed by atoms with Crippen molar-refractivity contribution in [1.29, 1.82) is 0 Å². The fraction of sp³-hybridized carbons (Fsp3) is 0.444. The van der Waals surface area contributed by atoms with Crippen LogP contribution >= 0.6 is 15.9 Å². The average molecular weight is 244 g/mol. The van der Waals surface area contributed by atoms with Crippen LogP contribution in [0, 0.1) is 5.92 Å². The second-order valence-corrected chi connectivity index (χ2v) is 4.24. The molecule has 1 aromatic rings. The molecule has 0 spiro atoms. The minimum atomic E-state index is -0.133. The third-order valence-corrected chi connectivity index (χ3v) is 2.87.